The number of esters is 1. The van der Waals surface area contributed by atoms with E-state index in [1.807, 2.05) is 0 Å². The lowest BCUT2D eigenvalue weighted by atomic mass is 9.85. The Balaban J connectivity index is 1.58. The number of pyridine rings is 1. The number of ether oxygens (including phenoxy) is 2. The van der Waals surface area contributed by atoms with E-state index in [9.17, 15) is 18.8 Å². The van der Waals surface area contributed by atoms with Crippen molar-refractivity contribution >= 4 is 27.8 Å². The third-order valence-electron chi connectivity index (χ3n) is 6.49. The van der Waals surface area contributed by atoms with Crippen molar-refractivity contribution < 1.29 is 23.1 Å². The van der Waals surface area contributed by atoms with Crippen molar-refractivity contribution in [1.82, 2.24) is 4.98 Å². The van der Waals surface area contributed by atoms with Crippen LogP contribution < -0.4 is 20.5 Å². The summed E-state index contributed by atoms with van der Waals surface area (Å²) in [6.45, 7) is 0. The summed E-state index contributed by atoms with van der Waals surface area (Å²) in [6, 6.07) is 15.6. The van der Waals surface area contributed by atoms with E-state index in [1.165, 1.54) is 42.7 Å². The Morgan fingerprint density at radius 3 is 2.58 bits per heavy atom. The SMILES string of the molecule is COc1ccc2[nH]c(=O)c([C@H]3CC(=O)Oc4ccc5c(=O)c(-c6ccc(F)cc6)coc5c43)cc2c1. The summed E-state index contributed by atoms with van der Waals surface area (Å²) < 4.78 is 30.1. The van der Waals surface area contributed by atoms with Gasteiger partial charge >= 0.3 is 5.97 Å². The standard InChI is InChI=1S/C28H18FNO6/c1-34-17-6-8-22-15(10-17)11-20(28(33)30-22)19-12-24(31)36-23-9-7-18-26(32)21(13-35-27(18)25(19)23)14-2-4-16(29)5-3-14/h2-11,13,19H,12H2,1H3,(H,30,33)/t19-/m1/s1. The van der Waals surface area contributed by atoms with Gasteiger partial charge in [-0.15, -0.1) is 0 Å². The van der Waals surface area contributed by atoms with Crippen LogP contribution in [0.25, 0.3) is 33.0 Å². The Bertz CT molecular complexity index is 1800. The fraction of sp³-hybridized carbons (Fsp3) is 0.107. The fourth-order valence-corrected chi connectivity index (χ4v) is 4.74. The summed E-state index contributed by atoms with van der Waals surface area (Å²) in [5, 5.41) is 0.988. The second kappa shape index (κ2) is 8.20. The molecule has 0 aliphatic carbocycles. The third kappa shape index (κ3) is 3.46. The van der Waals surface area contributed by atoms with Crippen molar-refractivity contribution in [2.24, 2.45) is 0 Å². The molecule has 0 fully saturated rings. The summed E-state index contributed by atoms with van der Waals surface area (Å²) in [5.74, 6) is -0.771. The van der Waals surface area contributed by atoms with Gasteiger partial charge in [0, 0.05) is 27.9 Å². The number of hydrogen-bond acceptors (Lipinski definition) is 6. The number of halogens is 1. The van der Waals surface area contributed by atoms with Crippen molar-refractivity contribution in [3.63, 3.8) is 0 Å². The van der Waals surface area contributed by atoms with Crippen LogP contribution in [-0.4, -0.2) is 18.1 Å². The first-order chi connectivity index (χ1) is 17.4. The molecule has 178 valence electrons. The quantitative estimate of drug-likeness (QED) is 0.290. The molecule has 1 N–H and O–H groups in total. The number of aromatic amines is 1. The van der Waals surface area contributed by atoms with Crippen molar-refractivity contribution in [3.05, 3.63) is 104 Å². The van der Waals surface area contributed by atoms with Crippen LogP contribution in [0, 0.1) is 5.82 Å². The Kier molecular flexibility index (Phi) is 4.96. The molecule has 3 heterocycles. The van der Waals surface area contributed by atoms with E-state index < -0.39 is 17.7 Å². The van der Waals surface area contributed by atoms with Gasteiger partial charge in [-0.05, 0) is 54.1 Å². The minimum absolute atomic E-state index is 0.103. The maximum atomic E-state index is 13.4. The zero-order valence-electron chi connectivity index (χ0n) is 19.0. The smallest absolute Gasteiger partial charge is 0.312 e. The second-order valence-electron chi connectivity index (χ2n) is 8.58. The summed E-state index contributed by atoms with van der Waals surface area (Å²) >= 11 is 0. The molecule has 1 aliphatic rings. The first-order valence-corrected chi connectivity index (χ1v) is 11.2. The number of benzene rings is 3. The van der Waals surface area contributed by atoms with Gasteiger partial charge in [0.15, 0.2) is 0 Å². The van der Waals surface area contributed by atoms with E-state index in [2.05, 4.69) is 4.98 Å². The lowest BCUT2D eigenvalue weighted by Crippen LogP contribution is -2.26. The average molecular weight is 483 g/mol. The molecule has 3 aromatic carbocycles. The molecule has 0 unspecified atom stereocenters. The first kappa shape index (κ1) is 21.8. The van der Waals surface area contributed by atoms with Crippen molar-refractivity contribution in [1.29, 1.82) is 0 Å². The van der Waals surface area contributed by atoms with Crippen LogP contribution in [0.3, 0.4) is 0 Å². The number of rotatable bonds is 3. The van der Waals surface area contributed by atoms with E-state index in [0.29, 0.717) is 28.0 Å². The Morgan fingerprint density at radius 1 is 1.00 bits per heavy atom. The van der Waals surface area contributed by atoms with Crippen molar-refractivity contribution in [2.45, 2.75) is 12.3 Å². The van der Waals surface area contributed by atoms with Gasteiger partial charge in [-0.1, -0.05) is 12.1 Å². The minimum atomic E-state index is -0.705. The number of methoxy groups -OCH3 is 1. The zero-order chi connectivity index (χ0) is 25.0. The summed E-state index contributed by atoms with van der Waals surface area (Å²) in [7, 11) is 1.55. The molecule has 0 saturated heterocycles. The lowest BCUT2D eigenvalue weighted by Gasteiger charge is -2.25. The summed E-state index contributed by atoms with van der Waals surface area (Å²) in [6.07, 6.45) is 1.20. The average Bonchev–Trinajstić information content (AvgIpc) is 2.88. The summed E-state index contributed by atoms with van der Waals surface area (Å²) in [5.41, 5.74) is 1.73. The maximum absolute atomic E-state index is 13.4. The number of carbonyl (C=O) groups is 1. The molecule has 1 atom stereocenters. The third-order valence-corrected chi connectivity index (χ3v) is 6.49. The van der Waals surface area contributed by atoms with Gasteiger partial charge in [0.05, 0.1) is 24.5 Å². The highest BCUT2D eigenvalue weighted by atomic mass is 19.1. The van der Waals surface area contributed by atoms with Gasteiger partial charge in [0.1, 0.15) is 29.2 Å². The molecular formula is C28H18FNO6. The van der Waals surface area contributed by atoms with E-state index in [0.717, 1.165) is 5.39 Å². The predicted molar refractivity (Wildman–Crippen MR) is 131 cm³/mol. The van der Waals surface area contributed by atoms with Crippen LogP contribution in [0.1, 0.15) is 23.5 Å². The molecule has 0 amide bonds. The Morgan fingerprint density at radius 2 is 1.81 bits per heavy atom. The first-order valence-electron chi connectivity index (χ1n) is 11.2. The summed E-state index contributed by atoms with van der Waals surface area (Å²) in [4.78, 5) is 41.8. The topological polar surface area (TPSA) is 98.6 Å². The molecule has 0 spiro atoms. The maximum Gasteiger partial charge on any atom is 0.312 e. The van der Waals surface area contributed by atoms with Crippen molar-refractivity contribution in [3.8, 4) is 22.6 Å². The molecule has 0 saturated carbocycles. The van der Waals surface area contributed by atoms with Gasteiger partial charge in [-0.25, -0.2) is 4.39 Å². The molecular weight excluding hydrogens is 465 g/mol. The number of H-pyrrole nitrogens is 1. The van der Waals surface area contributed by atoms with Gasteiger partial charge in [-0.2, -0.15) is 0 Å². The van der Waals surface area contributed by atoms with Crippen LogP contribution >= 0.6 is 0 Å². The Hall–Kier alpha value is -4.72. The van der Waals surface area contributed by atoms with E-state index in [-0.39, 0.29) is 39.7 Å². The largest absolute Gasteiger partial charge is 0.497 e. The Labute approximate surface area is 202 Å². The highest BCUT2D eigenvalue weighted by Crippen LogP contribution is 2.42. The molecule has 36 heavy (non-hydrogen) atoms. The highest BCUT2D eigenvalue weighted by molar-refractivity contribution is 5.90. The number of fused-ring (bicyclic) bond motifs is 4. The number of hydrogen-bond donors (Lipinski definition) is 1. The molecule has 8 heteroatoms. The van der Waals surface area contributed by atoms with Crippen LogP contribution in [0.5, 0.6) is 11.5 Å². The normalized spacial score (nSPS) is 15.1. The molecule has 2 aromatic heterocycles. The molecule has 0 radical (unpaired) electrons. The molecule has 7 nitrogen and oxygen atoms in total. The van der Waals surface area contributed by atoms with Crippen LogP contribution in [0.15, 0.2) is 80.9 Å². The fourth-order valence-electron chi connectivity index (χ4n) is 4.74. The van der Waals surface area contributed by atoms with E-state index >= 15 is 0 Å². The van der Waals surface area contributed by atoms with Crippen LogP contribution in [0.2, 0.25) is 0 Å². The van der Waals surface area contributed by atoms with E-state index in [4.69, 9.17) is 13.9 Å². The van der Waals surface area contributed by atoms with Gasteiger partial charge < -0.3 is 18.9 Å². The van der Waals surface area contributed by atoms with Crippen LogP contribution in [0.4, 0.5) is 4.39 Å². The van der Waals surface area contributed by atoms with Crippen molar-refractivity contribution in [2.75, 3.05) is 7.11 Å². The number of aromatic nitrogens is 1. The van der Waals surface area contributed by atoms with Crippen LogP contribution in [-0.2, 0) is 4.79 Å². The molecule has 6 rings (SSSR count). The lowest BCUT2D eigenvalue weighted by molar-refractivity contribution is -0.135. The second-order valence-corrected chi connectivity index (χ2v) is 8.58. The molecule has 5 aromatic rings. The van der Waals surface area contributed by atoms with Gasteiger partial charge in [-0.3, -0.25) is 14.4 Å². The van der Waals surface area contributed by atoms with E-state index in [1.54, 1.807) is 31.4 Å². The molecule has 0 bridgehead atoms. The predicted octanol–water partition coefficient (Wildman–Crippen LogP) is 4.89. The van der Waals surface area contributed by atoms with Gasteiger partial charge in [0.2, 0.25) is 5.43 Å². The minimum Gasteiger partial charge on any atom is -0.497 e. The molecule has 1 aliphatic heterocycles. The number of nitrogens with one attached hydrogen (secondary N) is 1. The number of carbonyl (C=O) groups excluding carboxylic acids is 1. The van der Waals surface area contributed by atoms with Gasteiger partial charge in [0.25, 0.3) is 5.56 Å². The zero-order valence-corrected chi connectivity index (χ0v) is 19.0. The highest BCUT2D eigenvalue weighted by Gasteiger charge is 2.34. The monoisotopic (exact) mass is 483 g/mol.